The van der Waals surface area contributed by atoms with E-state index in [1.807, 2.05) is 0 Å². The molecule has 76 valence electrons. The molecule has 0 radical (unpaired) electrons. The highest BCUT2D eigenvalue weighted by Gasteiger charge is 2.17. The summed E-state index contributed by atoms with van der Waals surface area (Å²) < 4.78 is 5.06. The van der Waals surface area contributed by atoms with E-state index in [0.29, 0.717) is 12.5 Å². The number of carboxylic acids is 1. The van der Waals surface area contributed by atoms with Crippen molar-refractivity contribution in [3.05, 3.63) is 0 Å². The van der Waals surface area contributed by atoms with Crippen LogP contribution in [0.3, 0.4) is 0 Å². The van der Waals surface area contributed by atoms with Gasteiger partial charge in [-0.3, -0.25) is 0 Å². The van der Waals surface area contributed by atoms with Crippen LogP contribution in [0.2, 0.25) is 0 Å². The van der Waals surface area contributed by atoms with E-state index < -0.39 is 5.97 Å². The molecule has 1 heterocycles. The average Bonchev–Trinajstić information content (AvgIpc) is 2.03. The topological polar surface area (TPSA) is 49.8 Å². The molecule has 0 unspecified atom stereocenters. The molecule has 0 aromatic carbocycles. The molecule has 0 aliphatic carbocycles. The molecule has 1 fully saturated rings. The zero-order valence-electron chi connectivity index (χ0n) is 8.03. The lowest BCUT2D eigenvalue weighted by atomic mass is 10.00. The van der Waals surface area contributed by atoms with E-state index in [0.717, 1.165) is 19.5 Å². The molecular weight excluding hydrogens is 170 g/mol. The van der Waals surface area contributed by atoms with Crippen LogP contribution in [0.1, 0.15) is 12.8 Å². The zero-order valence-corrected chi connectivity index (χ0v) is 8.03. The molecule has 1 aliphatic rings. The maximum absolute atomic E-state index is 10.2. The Balaban J connectivity index is 2.10. The molecule has 4 heteroatoms. The first kappa shape index (κ1) is 10.5. The van der Waals surface area contributed by atoms with Crippen molar-refractivity contribution in [2.75, 3.05) is 33.4 Å². The van der Waals surface area contributed by atoms with Crippen LogP contribution in [0.5, 0.6) is 0 Å². The first-order valence-electron chi connectivity index (χ1n) is 4.66. The van der Waals surface area contributed by atoms with Crippen molar-refractivity contribution in [3.8, 4) is 0 Å². The Morgan fingerprint density at radius 1 is 1.69 bits per heavy atom. The zero-order chi connectivity index (χ0) is 9.68. The predicted molar refractivity (Wildman–Crippen MR) is 48.7 cm³/mol. The largest absolute Gasteiger partial charge is 0.480 e. The molecule has 1 N–H and O–H groups in total. The number of hydrogen-bond acceptors (Lipinski definition) is 3. The Morgan fingerprint density at radius 2 is 2.46 bits per heavy atom. The maximum atomic E-state index is 10.2. The summed E-state index contributed by atoms with van der Waals surface area (Å²) in [5, 5.41) is 8.36. The molecule has 1 aliphatic heterocycles. The van der Waals surface area contributed by atoms with Gasteiger partial charge in [-0.15, -0.1) is 0 Å². The number of likely N-dealkylation sites (tertiary alicyclic amines) is 1. The Morgan fingerprint density at radius 3 is 3.08 bits per heavy atom. The average molecular weight is 187 g/mol. The fourth-order valence-corrected chi connectivity index (χ4v) is 1.72. The van der Waals surface area contributed by atoms with Crippen molar-refractivity contribution >= 4 is 5.97 Å². The Hall–Kier alpha value is -0.610. The quantitative estimate of drug-likeness (QED) is 0.693. The van der Waals surface area contributed by atoms with Gasteiger partial charge in [0.15, 0.2) is 0 Å². The number of carbonyl (C=O) groups is 1. The number of nitrogens with zero attached hydrogens (tertiary/aromatic N) is 1. The van der Waals surface area contributed by atoms with Gasteiger partial charge in [0.2, 0.25) is 0 Å². The van der Waals surface area contributed by atoms with E-state index >= 15 is 0 Å². The number of ether oxygens (including phenoxy) is 1. The molecule has 0 amide bonds. The normalized spacial score (nSPS) is 24.5. The Bertz CT molecular complexity index is 172. The molecule has 0 bridgehead atoms. The van der Waals surface area contributed by atoms with Gasteiger partial charge < -0.3 is 14.7 Å². The van der Waals surface area contributed by atoms with Crippen molar-refractivity contribution in [1.29, 1.82) is 0 Å². The molecule has 0 aromatic heterocycles. The van der Waals surface area contributed by atoms with E-state index in [9.17, 15) is 4.79 Å². The van der Waals surface area contributed by atoms with E-state index in [4.69, 9.17) is 9.84 Å². The van der Waals surface area contributed by atoms with Gasteiger partial charge in [0.05, 0.1) is 6.61 Å². The minimum absolute atomic E-state index is 0.166. The highest BCUT2D eigenvalue weighted by molar-refractivity contribution is 5.67. The van der Waals surface area contributed by atoms with Gasteiger partial charge >= 0.3 is 5.97 Å². The van der Waals surface area contributed by atoms with Crippen LogP contribution in [-0.2, 0) is 9.53 Å². The second kappa shape index (κ2) is 5.19. The number of rotatable bonds is 4. The first-order valence-corrected chi connectivity index (χ1v) is 4.66. The number of piperidine rings is 1. The van der Waals surface area contributed by atoms with Crippen LogP contribution >= 0.6 is 0 Å². The van der Waals surface area contributed by atoms with Crippen molar-refractivity contribution in [2.45, 2.75) is 12.8 Å². The van der Waals surface area contributed by atoms with Crippen molar-refractivity contribution < 1.29 is 14.6 Å². The van der Waals surface area contributed by atoms with Gasteiger partial charge in [0.25, 0.3) is 0 Å². The van der Waals surface area contributed by atoms with Gasteiger partial charge in [-0.1, -0.05) is 0 Å². The molecule has 1 saturated heterocycles. The van der Waals surface area contributed by atoms with Gasteiger partial charge in [-0.2, -0.15) is 0 Å². The second-order valence-electron chi connectivity index (χ2n) is 3.68. The Kier molecular flexibility index (Phi) is 4.18. The third-order valence-electron chi connectivity index (χ3n) is 2.30. The molecule has 0 saturated carbocycles. The summed E-state index contributed by atoms with van der Waals surface area (Å²) in [6, 6.07) is 0. The minimum atomic E-state index is -0.885. The van der Waals surface area contributed by atoms with Crippen LogP contribution in [0.15, 0.2) is 0 Å². The lowest BCUT2D eigenvalue weighted by Gasteiger charge is -2.29. The van der Waals surface area contributed by atoms with E-state index in [1.165, 1.54) is 6.42 Å². The van der Waals surface area contributed by atoms with Crippen molar-refractivity contribution in [2.24, 2.45) is 5.92 Å². The Labute approximate surface area is 78.5 Å². The van der Waals surface area contributed by atoms with Crippen molar-refractivity contribution in [3.63, 3.8) is 0 Å². The number of aliphatic carboxylic acids is 1. The summed E-state index contributed by atoms with van der Waals surface area (Å²) in [6.45, 7) is 2.59. The SMILES string of the molecule is CN1CCC[C@H](COCC(=O)O)C1. The van der Waals surface area contributed by atoms with Crippen LogP contribution in [-0.4, -0.2) is 49.3 Å². The molecule has 1 atom stereocenters. The molecule has 4 nitrogen and oxygen atoms in total. The number of carboxylic acid groups (broad SMARTS) is 1. The third kappa shape index (κ3) is 4.24. The van der Waals surface area contributed by atoms with Crippen LogP contribution in [0.25, 0.3) is 0 Å². The van der Waals surface area contributed by atoms with Crippen LogP contribution in [0, 0.1) is 5.92 Å². The van der Waals surface area contributed by atoms with E-state index in [2.05, 4.69) is 11.9 Å². The molecule has 1 rings (SSSR count). The van der Waals surface area contributed by atoms with Crippen molar-refractivity contribution in [1.82, 2.24) is 4.90 Å². The maximum Gasteiger partial charge on any atom is 0.329 e. The summed E-state index contributed by atoms with van der Waals surface area (Å²) in [4.78, 5) is 12.4. The smallest absolute Gasteiger partial charge is 0.329 e. The van der Waals surface area contributed by atoms with E-state index in [1.54, 1.807) is 0 Å². The fraction of sp³-hybridized carbons (Fsp3) is 0.889. The summed E-state index contributed by atoms with van der Waals surface area (Å²) in [5.74, 6) is -0.373. The lowest BCUT2D eigenvalue weighted by Crippen LogP contribution is -2.34. The van der Waals surface area contributed by atoms with Gasteiger partial charge in [-0.25, -0.2) is 4.79 Å². The van der Waals surface area contributed by atoms with E-state index in [-0.39, 0.29) is 6.61 Å². The van der Waals surface area contributed by atoms with Gasteiger partial charge in [-0.05, 0) is 32.4 Å². The molecular formula is C9H17NO3. The van der Waals surface area contributed by atoms with Gasteiger partial charge in [0.1, 0.15) is 6.61 Å². The monoisotopic (exact) mass is 187 g/mol. The fourth-order valence-electron chi connectivity index (χ4n) is 1.72. The van der Waals surface area contributed by atoms with Crippen LogP contribution in [0.4, 0.5) is 0 Å². The minimum Gasteiger partial charge on any atom is -0.480 e. The summed E-state index contributed by atoms with van der Waals surface area (Å²) >= 11 is 0. The summed E-state index contributed by atoms with van der Waals surface area (Å²) in [7, 11) is 2.09. The highest BCUT2D eigenvalue weighted by Crippen LogP contribution is 2.14. The van der Waals surface area contributed by atoms with Gasteiger partial charge in [0, 0.05) is 6.54 Å². The van der Waals surface area contributed by atoms with Crippen LogP contribution < -0.4 is 0 Å². The highest BCUT2D eigenvalue weighted by atomic mass is 16.5. The second-order valence-corrected chi connectivity index (χ2v) is 3.68. The third-order valence-corrected chi connectivity index (χ3v) is 2.30. The summed E-state index contributed by atoms with van der Waals surface area (Å²) in [6.07, 6.45) is 2.35. The molecule has 0 aromatic rings. The standard InChI is InChI=1S/C9H17NO3/c1-10-4-2-3-8(5-10)6-13-7-9(11)12/h8H,2-7H2,1H3,(H,11,12)/t8-/m0/s1. The predicted octanol–water partition coefficient (Wildman–Crippen LogP) is 0.429. The summed E-state index contributed by atoms with van der Waals surface area (Å²) in [5.41, 5.74) is 0. The lowest BCUT2D eigenvalue weighted by molar-refractivity contribution is -0.142. The molecule has 0 spiro atoms. The number of hydrogen-bond donors (Lipinski definition) is 1. The molecule has 13 heavy (non-hydrogen) atoms. The first-order chi connectivity index (χ1) is 6.18.